The number of hydrogen-bond acceptors (Lipinski definition) is 1. The minimum absolute atomic E-state index is 0.0322. The molecule has 23 heavy (non-hydrogen) atoms. The lowest BCUT2D eigenvalue weighted by Gasteiger charge is -2.38. The van der Waals surface area contributed by atoms with E-state index >= 15 is 0 Å². The van der Waals surface area contributed by atoms with E-state index in [9.17, 15) is 9.18 Å². The SMILES string of the molecule is C/C=C(\C)C(=O)N1CCc2ccccc2C1c1ccccc1F. The lowest BCUT2D eigenvalue weighted by molar-refractivity contribution is -0.129. The van der Waals surface area contributed by atoms with Crippen molar-refractivity contribution in [3.8, 4) is 0 Å². The Labute approximate surface area is 136 Å². The van der Waals surface area contributed by atoms with Gasteiger partial charge in [-0.05, 0) is 37.5 Å². The molecule has 1 heterocycles. The van der Waals surface area contributed by atoms with Gasteiger partial charge in [0.1, 0.15) is 5.82 Å². The Morgan fingerprint density at radius 1 is 1.13 bits per heavy atom. The Morgan fingerprint density at radius 2 is 1.78 bits per heavy atom. The number of carbonyl (C=O) groups excluding carboxylic acids is 1. The van der Waals surface area contributed by atoms with Crippen LogP contribution in [0.15, 0.2) is 60.2 Å². The molecule has 0 fully saturated rings. The highest BCUT2D eigenvalue weighted by atomic mass is 19.1. The van der Waals surface area contributed by atoms with E-state index in [1.807, 2.05) is 31.2 Å². The molecule has 1 aliphatic heterocycles. The number of hydrogen-bond donors (Lipinski definition) is 0. The fourth-order valence-corrected chi connectivity index (χ4v) is 3.17. The summed E-state index contributed by atoms with van der Waals surface area (Å²) >= 11 is 0. The first-order chi connectivity index (χ1) is 11.1. The van der Waals surface area contributed by atoms with Gasteiger partial charge in [-0.25, -0.2) is 4.39 Å². The van der Waals surface area contributed by atoms with Crippen molar-refractivity contribution in [3.05, 3.63) is 82.7 Å². The first-order valence-corrected chi connectivity index (χ1v) is 7.89. The highest BCUT2D eigenvalue weighted by molar-refractivity contribution is 5.93. The van der Waals surface area contributed by atoms with Crippen molar-refractivity contribution in [2.45, 2.75) is 26.3 Å². The topological polar surface area (TPSA) is 20.3 Å². The van der Waals surface area contributed by atoms with Gasteiger partial charge in [-0.3, -0.25) is 4.79 Å². The van der Waals surface area contributed by atoms with Gasteiger partial charge in [0.25, 0.3) is 0 Å². The first kappa shape index (κ1) is 15.5. The van der Waals surface area contributed by atoms with E-state index in [2.05, 4.69) is 6.07 Å². The van der Waals surface area contributed by atoms with E-state index in [0.29, 0.717) is 17.7 Å². The second-order valence-corrected chi connectivity index (χ2v) is 5.84. The van der Waals surface area contributed by atoms with Crippen molar-refractivity contribution in [1.29, 1.82) is 0 Å². The molecule has 0 saturated carbocycles. The largest absolute Gasteiger partial charge is 0.327 e. The van der Waals surface area contributed by atoms with Crippen molar-refractivity contribution >= 4 is 5.91 Å². The monoisotopic (exact) mass is 309 g/mol. The molecule has 1 atom stereocenters. The van der Waals surface area contributed by atoms with E-state index in [1.165, 1.54) is 11.6 Å². The Kier molecular flexibility index (Phi) is 4.28. The van der Waals surface area contributed by atoms with Gasteiger partial charge < -0.3 is 4.90 Å². The number of halogens is 1. The van der Waals surface area contributed by atoms with Crippen LogP contribution in [0, 0.1) is 5.82 Å². The number of amides is 1. The average Bonchev–Trinajstić information content (AvgIpc) is 2.60. The van der Waals surface area contributed by atoms with Crippen molar-refractivity contribution in [2.75, 3.05) is 6.54 Å². The van der Waals surface area contributed by atoms with Crippen molar-refractivity contribution in [2.24, 2.45) is 0 Å². The zero-order chi connectivity index (χ0) is 16.4. The molecule has 0 radical (unpaired) electrons. The van der Waals surface area contributed by atoms with Crippen LogP contribution in [0.4, 0.5) is 4.39 Å². The molecule has 2 aromatic rings. The summed E-state index contributed by atoms with van der Waals surface area (Å²) < 4.78 is 14.4. The molecule has 0 aromatic heterocycles. The predicted molar refractivity (Wildman–Crippen MR) is 89.5 cm³/mol. The minimum Gasteiger partial charge on any atom is -0.327 e. The van der Waals surface area contributed by atoms with E-state index in [-0.39, 0.29) is 17.8 Å². The Bertz CT molecular complexity index is 766. The number of fused-ring (bicyclic) bond motifs is 1. The van der Waals surface area contributed by atoms with Crippen LogP contribution in [0.3, 0.4) is 0 Å². The summed E-state index contributed by atoms with van der Waals surface area (Å²) in [5.74, 6) is -0.305. The average molecular weight is 309 g/mol. The molecule has 0 bridgehead atoms. The number of rotatable bonds is 2. The highest BCUT2D eigenvalue weighted by Gasteiger charge is 2.33. The predicted octanol–water partition coefficient (Wildman–Crippen LogP) is 4.27. The lowest BCUT2D eigenvalue weighted by atomic mass is 9.87. The molecule has 2 nitrogen and oxygen atoms in total. The van der Waals surface area contributed by atoms with Crippen LogP contribution in [-0.4, -0.2) is 17.4 Å². The normalized spacial score (nSPS) is 17.8. The van der Waals surface area contributed by atoms with Gasteiger partial charge in [-0.15, -0.1) is 0 Å². The van der Waals surface area contributed by atoms with Gasteiger partial charge in [0.05, 0.1) is 6.04 Å². The van der Waals surface area contributed by atoms with Gasteiger partial charge in [0, 0.05) is 17.7 Å². The minimum atomic E-state index is -0.372. The molecular formula is C20H20FNO. The van der Waals surface area contributed by atoms with E-state index in [0.717, 1.165) is 12.0 Å². The van der Waals surface area contributed by atoms with Crippen molar-refractivity contribution < 1.29 is 9.18 Å². The summed E-state index contributed by atoms with van der Waals surface area (Å²) in [4.78, 5) is 14.6. The summed E-state index contributed by atoms with van der Waals surface area (Å²) in [6.45, 7) is 4.25. The molecule has 1 amide bonds. The zero-order valence-corrected chi connectivity index (χ0v) is 13.4. The number of nitrogens with zero attached hydrogens (tertiary/aromatic N) is 1. The van der Waals surface area contributed by atoms with Gasteiger partial charge in [0.15, 0.2) is 0 Å². The van der Waals surface area contributed by atoms with Crippen LogP contribution in [0.1, 0.15) is 36.6 Å². The maximum atomic E-state index is 14.4. The van der Waals surface area contributed by atoms with Crippen LogP contribution in [0.2, 0.25) is 0 Å². The third-order valence-corrected chi connectivity index (χ3v) is 4.51. The van der Waals surface area contributed by atoms with E-state index in [1.54, 1.807) is 30.0 Å². The molecule has 3 rings (SSSR count). The Balaban J connectivity index is 2.15. The highest BCUT2D eigenvalue weighted by Crippen LogP contribution is 2.36. The van der Waals surface area contributed by atoms with Gasteiger partial charge >= 0.3 is 0 Å². The molecule has 0 N–H and O–H groups in total. The fourth-order valence-electron chi connectivity index (χ4n) is 3.17. The summed E-state index contributed by atoms with van der Waals surface area (Å²) in [6.07, 6.45) is 2.60. The van der Waals surface area contributed by atoms with Gasteiger partial charge in [-0.2, -0.15) is 0 Å². The molecule has 1 aliphatic rings. The number of carbonyl (C=O) groups is 1. The molecule has 0 saturated heterocycles. The first-order valence-electron chi connectivity index (χ1n) is 7.89. The molecule has 2 aromatic carbocycles. The molecule has 3 heteroatoms. The molecule has 1 unspecified atom stereocenters. The quantitative estimate of drug-likeness (QED) is 0.759. The smallest absolute Gasteiger partial charge is 0.249 e. The summed E-state index contributed by atoms with van der Waals surface area (Å²) in [5.41, 5.74) is 3.44. The second kappa shape index (κ2) is 6.37. The van der Waals surface area contributed by atoms with Crippen LogP contribution in [0.25, 0.3) is 0 Å². The summed E-state index contributed by atoms with van der Waals surface area (Å²) in [7, 11) is 0. The van der Waals surface area contributed by atoms with Crippen LogP contribution in [0.5, 0.6) is 0 Å². The summed E-state index contributed by atoms with van der Waals surface area (Å²) in [5, 5.41) is 0. The summed E-state index contributed by atoms with van der Waals surface area (Å²) in [6, 6.07) is 14.4. The third kappa shape index (κ3) is 2.79. The maximum absolute atomic E-state index is 14.4. The number of allylic oxidation sites excluding steroid dienone is 1. The van der Waals surface area contributed by atoms with Crippen molar-refractivity contribution in [1.82, 2.24) is 4.90 Å². The standard InChI is InChI=1S/C20H20FNO/c1-3-14(2)20(23)22-13-12-15-8-4-5-9-16(15)19(22)17-10-6-7-11-18(17)21/h3-11,19H,12-13H2,1-2H3/b14-3+. The number of benzene rings is 2. The van der Waals surface area contributed by atoms with Gasteiger partial charge in [0.2, 0.25) is 5.91 Å². The lowest BCUT2D eigenvalue weighted by Crippen LogP contribution is -2.41. The van der Waals surface area contributed by atoms with E-state index in [4.69, 9.17) is 0 Å². The molecule has 118 valence electrons. The van der Waals surface area contributed by atoms with E-state index < -0.39 is 0 Å². The van der Waals surface area contributed by atoms with Crippen LogP contribution < -0.4 is 0 Å². The third-order valence-electron chi connectivity index (χ3n) is 4.51. The fraction of sp³-hybridized carbons (Fsp3) is 0.250. The molecular weight excluding hydrogens is 289 g/mol. The second-order valence-electron chi connectivity index (χ2n) is 5.84. The zero-order valence-electron chi connectivity index (χ0n) is 13.4. The molecule has 0 spiro atoms. The maximum Gasteiger partial charge on any atom is 0.249 e. The Morgan fingerprint density at radius 3 is 2.48 bits per heavy atom. The van der Waals surface area contributed by atoms with Crippen molar-refractivity contribution in [3.63, 3.8) is 0 Å². The molecule has 0 aliphatic carbocycles. The van der Waals surface area contributed by atoms with Crippen LogP contribution in [-0.2, 0) is 11.2 Å². The van der Waals surface area contributed by atoms with Crippen LogP contribution >= 0.6 is 0 Å². The Hall–Kier alpha value is -2.42. The van der Waals surface area contributed by atoms with Gasteiger partial charge in [-0.1, -0.05) is 48.5 Å².